The predicted octanol–water partition coefficient (Wildman–Crippen LogP) is 2.98. The molecule has 78 valence electrons. The second kappa shape index (κ2) is 3.25. The predicted molar refractivity (Wildman–Crippen MR) is 56.2 cm³/mol. The third-order valence-corrected chi connectivity index (χ3v) is 4.30. The molecule has 1 aliphatic heterocycles. The fraction of sp³-hybridized carbons (Fsp3) is 0.917. The lowest BCUT2D eigenvalue weighted by Crippen LogP contribution is -2.29. The first kappa shape index (κ1) is 8.75. The smallest absolute Gasteiger partial charge is 0.138 e. The lowest BCUT2D eigenvalue weighted by molar-refractivity contribution is 0.0275. The average Bonchev–Trinajstić information content (AvgIpc) is 2.87. The van der Waals surface area contributed by atoms with Crippen LogP contribution in [0.2, 0.25) is 0 Å². The largest absolute Gasteiger partial charge is 0.392 e. The van der Waals surface area contributed by atoms with E-state index in [2.05, 4.69) is 12.1 Å². The average molecular weight is 193 g/mol. The molecule has 0 aromatic carbocycles. The first-order valence-electron chi connectivity index (χ1n) is 6.12. The molecule has 4 atom stereocenters. The van der Waals surface area contributed by atoms with Crippen molar-refractivity contribution in [2.24, 2.45) is 22.9 Å². The van der Waals surface area contributed by atoms with Crippen molar-refractivity contribution in [1.29, 1.82) is 0 Å². The standard InChI is InChI=1S/C12H19NO/c1-2-3-4-10-11-8-5-6-9(7-8)12(11)14-13-10/h8-9,11-12H,2-7H2,1H3/t8-,9+,11-,12-/m0/s1. The van der Waals surface area contributed by atoms with Crippen molar-refractivity contribution < 1.29 is 4.84 Å². The quantitative estimate of drug-likeness (QED) is 0.675. The van der Waals surface area contributed by atoms with E-state index in [1.165, 1.54) is 44.2 Å². The summed E-state index contributed by atoms with van der Waals surface area (Å²) in [7, 11) is 0. The van der Waals surface area contributed by atoms with Gasteiger partial charge in [-0.25, -0.2) is 0 Å². The summed E-state index contributed by atoms with van der Waals surface area (Å²) in [4.78, 5) is 5.61. The van der Waals surface area contributed by atoms with Crippen LogP contribution in [-0.2, 0) is 4.84 Å². The van der Waals surface area contributed by atoms with Crippen LogP contribution < -0.4 is 0 Å². The molecule has 0 N–H and O–H groups in total. The van der Waals surface area contributed by atoms with Gasteiger partial charge in [-0.2, -0.15) is 0 Å². The third kappa shape index (κ3) is 1.12. The van der Waals surface area contributed by atoms with Crippen LogP contribution >= 0.6 is 0 Å². The Kier molecular flexibility index (Phi) is 2.03. The SMILES string of the molecule is CCCCC1=NO[C@H]2[C@@H]3CC[C@@H](C3)[C@@H]12. The molecule has 2 nitrogen and oxygen atoms in total. The van der Waals surface area contributed by atoms with Gasteiger partial charge in [0.15, 0.2) is 0 Å². The van der Waals surface area contributed by atoms with Gasteiger partial charge in [-0.3, -0.25) is 0 Å². The second-order valence-corrected chi connectivity index (χ2v) is 5.12. The highest BCUT2D eigenvalue weighted by molar-refractivity contribution is 5.88. The van der Waals surface area contributed by atoms with Crippen molar-refractivity contribution >= 4 is 5.71 Å². The van der Waals surface area contributed by atoms with Gasteiger partial charge < -0.3 is 4.84 Å². The third-order valence-electron chi connectivity index (χ3n) is 4.30. The van der Waals surface area contributed by atoms with Crippen molar-refractivity contribution in [3.05, 3.63) is 0 Å². The van der Waals surface area contributed by atoms with Gasteiger partial charge >= 0.3 is 0 Å². The minimum Gasteiger partial charge on any atom is -0.392 e. The van der Waals surface area contributed by atoms with Crippen LogP contribution in [0.3, 0.4) is 0 Å². The van der Waals surface area contributed by atoms with Crippen LogP contribution in [0.4, 0.5) is 0 Å². The van der Waals surface area contributed by atoms with E-state index >= 15 is 0 Å². The Bertz CT molecular complexity index is 261. The number of hydrogen-bond acceptors (Lipinski definition) is 2. The molecule has 2 aliphatic carbocycles. The van der Waals surface area contributed by atoms with Gasteiger partial charge in [-0.15, -0.1) is 0 Å². The maximum Gasteiger partial charge on any atom is 0.138 e. The molecule has 0 unspecified atom stereocenters. The molecule has 2 heteroatoms. The fourth-order valence-corrected chi connectivity index (χ4v) is 3.61. The Labute approximate surface area is 85.7 Å². The van der Waals surface area contributed by atoms with Crippen molar-refractivity contribution in [2.75, 3.05) is 0 Å². The Morgan fingerprint density at radius 1 is 1.36 bits per heavy atom. The summed E-state index contributed by atoms with van der Waals surface area (Å²) in [6.07, 6.45) is 8.46. The highest BCUT2D eigenvalue weighted by Gasteiger charge is 2.53. The first-order valence-corrected chi connectivity index (χ1v) is 6.12. The topological polar surface area (TPSA) is 21.6 Å². The number of hydrogen-bond donors (Lipinski definition) is 0. The van der Waals surface area contributed by atoms with E-state index in [0.29, 0.717) is 6.10 Å². The molecule has 0 aromatic heterocycles. The van der Waals surface area contributed by atoms with E-state index in [9.17, 15) is 0 Å². The van der Waals surface area contributed by atoms with Gasteiger partial charge in [-0.05, 0) is 43.9 Å². The van der Waals surface area contributed by atoms with E-state index in [1.807, 2.05) is 0 Å². The number of nitrogens with zero attached hydrogens (tertiary/aromatic N) is 1. The molecule has 3 aliphatic rings. The maximum atomic E-state index is 5.61. The van der Waals surface area contributed by atoms with E-state index in [0.717, 1.165) is 17.8 Å². The number of fused-ring (bicyclic) bond motifs is 5. The summed E-state index contributed by atoms with van der Waals surface area (Å²) < 4.78 is 0. The van der Waals surface area contributed by atoms with E-state index in [1.54, 1.807) is 0 Å². The zero-order valence-electron chi connectivity index (χ0n) is 8.91. The van der Waals surface area contributed by atoms with Crippen molar-refractivity contribution in [3.8, 4) is 0 Å². The van der Waals surface area contributed by atoms with Crippen LogP contribution in [0, 0.1) is 17.8 Å². The lowest BCUT2D eigenvalue weighted by Gasteiger charge is -2.22. The van der Waals surface area contributed by atoms with Crippen LogP contribution in [0.5, 0.6) is 0 Å². The molecule has 14 heavy (non-hydrogen) atoms. The molecular weight excluding hydrogens is 174 g/mol. The molecule has 2 bridgehead atoms. The first-order chi connectivity index (χ1) is 6.90. The van der Waals surface area contributed by atoms with E-state index < -0.39 is 0 Å². The van der Waals surface area contributed by atoms with Gasteiger partial charge in [-0.1, -0.05) is 18.5 Å². The molecule has 0 amide bonds. The zero-order valence-corrected chi connectivity index (χ0v) is 8.91. The van der Waals surface area contributed by atoms with E-state index in [-0.39, 0.29) is 0 Å². The summed E-state index contributed by atoms with van der Waals surface area (Å²) in [5.41, 5.74) is 1.39. The summed E-state index contributed by atoms with van der Waals surface area (Å²) in [5.74, 6) is 2.48. The maximum absolute atomic E-state index is 5.61. The van der Waals surface area contributed by atoms with Gasteiger partial charge in [0.05, 0.1) is 5.71 Å². The molecule has 2 fully saturated rings. The Morgan fingerprint density at radius 3 is 3.07 bits per heavy atom. The van der Waals surface area contributed by atoms with Crippen LogP contribution in [-0.4, -0.2) is 11.8 Å². The molecule has 0 radical (unpaired) electrons. The van der Waals surface area contributed by atoms with Gasteiger partial charge in [0.2, 0.25) is 0 Å². The number of unbranched alkanes of at least 4 members (excludes halogenated alkanes) is 1. The van der Waals surface area contributed by atoms with E-state index in [4.69, 9.17) is 4.84 Å². The van der Waals surface area contributed by atoms with Crippen LogP contribution in [0.15, 0.2) is 5.16 Å². The summed E-state index contributed by atoms with van der Waals surface area (Å²) in [6.45, 7) is 2.24. The molecule has 3 rings (SSSR count). The lowest BCUT2D eigenvalue weighted by atomic mass is 9.82. The molecular formula is C12H19NO. The normalized spacial score (nSPS) is 43.6. The van der Waals surface area contributed by atoms with Crippen molar-refractivity contribution in [1.82, 2.24) is 0 Å². The summed E-state index contributed by atoms with van der Waals surface area (Å²) in [5, 5.41) is 4.32. The number of rotatable bonds is 3. The Morgan fingerprint density at radius 2 is 2.21 bits per heavy atom. The molecule has 0 aromatic rings. The zero-order chi connectivity index (χ0) is 9.54. The van der Waals surface area contributed by atoms with Crippen LogP contribution in [0.1, 0.15) is 45.4 Å². The Hall–Kier alpha value is -0.530. The van der Waals surface area contributed by atoms with Gasteiger partial charge in [0.25, 0.3) is 0 Å². The summed E-state index contributed by atoms with van der Waals surface area (Å²) in [6, 6.07) is 0. The van der Waals surface area contributed by atoms with Crippen LogP contribution in [0.25, 0.3) is 0 Å². The monoisotopic (exact) mass is 193 g/mol. The molecule has 0 saturated heterocycles. The molecule has 1 heterocycles. The Balaban J connectivity index is 1.71. The minimum absolute atomic E-state index is 0.487. The van der Waals surface area contributed by atoms with Crippen molar-refractivity contribution in [2.45, 2.75) is 51.6 Å². The van der Waals surface area contributed by atoms with Gasteiger partial charge in [0.1, 0.15) is 6.10 Å². The van der Waals surface area contributed by atoms with Gasteiger partial charge in [0, 0.05) is 5.92 Å². The second-order valence-electron chi connectivity index (χ2n) is 5.12. The minimum atomic E-state index is 0.487. The molecule has 0 spiro atoms. The van der Waals surface area contributed by atoms with Crippen molar-refractivity contribution in [3.63, 3.8) is 0 Å². The molecule has 2 saturated carbocycles. The highest BCUT2D eigenvalue weighted by Crippen LogP contribution is 2.52. The highest BCUT2D eigenvalue weighted by atomic mass is 16.6. The fourth-order valence-electron chi connectivity index (χ4n) is 3.61. The number of oxime groups is 1. The summed E-state index contributed by atoms with van der Waals surface area (Å²) >= 11 is 0.